The van der Waals surface area contributed by atoms with Gasteiger partial charge in [-0.25, -0.2) is 8.78 Å². The maximum absolute atomic E-state index is 13.8. The van der Waals surface area contributed by atoms with E-state index in [0.29, 0.717) is 25.2 Å². The molecule has 0 unspecified atom stereocenters. The summed E-state index contributed by atoms with van der Waals surface area (Å²) in [6.45, 7) is 3.55. The minimum atomic E-state index is -0.967. The topological polar surface area (TPSA) is 79.8 Å². The molecule has 0 saturated carbocycles. The van der Waals surface area contributed by atoms with Crippen LogP contribution in [0, 0.1) is 11.6 Å². The van der Waals surface area contributed by atoms with E-state index in [4.69, 9.17) is 9.47 Å². The first-order valence-electron chi connectivity index (χ1n) is 13.5. The van der Waals surface area contributed by atoms with Crippen LogP contribution in [-0.4, -0.2) is 42.9 Å². The summed E-state index contributed by atoms with van der Waals surface area (Å²) in [6, 6.07) is 8.63. The first-order chi connectivity index (χ1) is 17.9. The quantitative estimate of drug-likeness (QED) is 0.527. The van der Waals surface area contributed by atoms with E-state index < -0.39 is 23.8 Å². The third-order valence-corrected chi connectivity index (χ3v) is 7.08. The number of carbonyl (C=O) groups excluding carboxylic acids is 1. The molecular formula is C29H38F2N2O4. The second-order valence-electron chi connectivity index (χ2n) is 10.1. The van der Waals surface area contributed by atoms with E-state index in [9.17, 15) is 18.7 Å². The van der Waals surface area contributed by atoms with Gasteiger partial charge in [0.05, 0.1) is 24.9 Å². The number of hydrogen-bond acceptors (Lipinski definition) is 5. The van der Waals surface area contributed by atoms with E-state index in [1.165, 1.54) is 12.1 Å². The van der Waals surface area contributed by atoms with Crippen molar-refractivity contribution in [2.24, 2.45) is 0 Å². The second-order valence-corrected chi connectivity index (χ2v) is 10.1. The standard InChI is InChI=1S/C29H38F2N2O4/c1-2-10-36-22-8-9-23-24(16-22)25-17-28(23)37-11-6-4-3-5-7-29(35)33-26(27(34)18-32-25)14-19-12-20(30)15-21(31)13-19/h8-9,12-13,15-16,25-28,32,34H,2-7,10-11,14,17-18H2,1H3,(H,33,35)/t25-,26-,27+,28+/m0/s1. The Kier molecular flexibility index (Phi) is 9.88. The molecule has 1 aliphatic heterocycles. The van der Waals surface area contributed by atoms with E-state index >= 15 is 0 Å². The summed E-state index contributed by atoms with van der Waals surface area (Å²) < 4.78 is 39.7. The van der Waals surface area contributed by atoms with Crippen molar-refractivity contribution in [1.82, 2.24) is 10.6 Å². The first-order valence-corrected chi connectivity index (χ1v) is 13.5. The summed E-state index contributed by atoms with van der Waals surface area (Å²) in [6.07, 6.45) is 4.62. The van der Waals surface area contributed by atoms with Crippen molar-refractivity contribution >= 4 is 5.91 Å². The SMILES string of the molecule is CCCOc1ccc2c(c1)[C@@H]1C[C@H]2OCCCCCCC(=O)N[C@@H](Cc2cc(F)cc(F)c2)[C@H](O)CN1. The zero-order valence-corrected chi connectivity index (χ0v) is 21.5. The number of aliphatic hydroxyl groups is 1. The van der Waals surface area contributed by atoms with Gasteiger partial charge >= 0.3 is 0 Å². The van der Waals surface area contributed by atoms with Crippen molar-refractivity contribution in [3.8, 4) is 5.75 Å². The minimum absolute atomic E-state index is 0.0384. The molecule has 4 atom stereocenters. The van der Waals surface area contributed by atoms with E-state index in [0.717, 1.165) is 61.5 Å². The normalized spacial score (nSPS) is 25.4. The van der Waals surface area contributed by atoms with Crippen LogP contribution in [-0.2, 0) is 16.0 Å². The summed E-state index contributed by atoms with van der Waals surface area (Å²) in [5.74, 6) is -0.736. The number of carbonyl (C=O) groups is 1. The highest BCUT2D eigenvalue weighted by Gasteiger charge is 2.33. The van der Waals surface area contributed by atoms with Gasteiger partial charge in [-0.05, 0) is 73.1 Å². The van der Waals surface area contributed by atoms with Crippen molar-refractivity contribution in [2.45, 2.75) is 82.6 Å². The summed E-state index contributed by atoms with van der Waals surface area (Å²) >= 11 is 0. The fraction of sp³-hybridized carbons (Fsp3) is 0.552. The van der Waals surface area contributed by atoms with Crippen LogP contribution in [0.25, 0.3) is 0 Å². The number of fused-ring (bicyclic) bond motifs is 5. The molecule has 1 heterocycles. The summed E-state index contributed by atoms with van der Waals surface area (Å²) in [5.41, 5.74) is 2.59. The molecule has 3 N–H and O–H groups in total. The largest absolute Gasteiger partial charge is 0.494 e. The second kappa shape index (κ2) is 13.3. The molecule has 8 heteroatoms. The minimum Gasteiger partial charge on any atom is -0.494 e. The molecule has 202 valence electrons. The molecule has 0 aromatic heterocycles. The number of amides is 1. The van der Waals surface area contributed by atoms with Gasteiger partial charge in [0.15, 0.2) is 0 Å². The monoisotopic (exact) mass is 516 g/mol. The molecular weight excluding hydrogens is 478 g/mol. The average molecular weight is 517 g/mol. The van der Waals surface area contributed by atoms with Gasteiger partial charge in [-0.3, -0.25) is 4.79 Å². The first kappa shape index (κ1) is 27.5. The number of nitrogens with one attached hydrogen (secondary N) is 2. The van der Waals surface area contributed by atoms with Gasteiger partial charge in [-0.15, -0.1) is 0 Å². The van der Waals surface area contributed by atoms with Crippen LogP contribution in [0.15, 0.2) is 36.4 Å². The molecule has 6 nitrogen and oxygen atoms in total. The Labute approximate surface area is 217 Å². The van der Waals surface area contributed by atoms with E-state index in [1.807, 2.05) is 12.1 Å². The zero-order chi connectivity index (χ0) is 26.2. The number of benzene rings is 2. The Morgan fingerprint density at radius 1 is 1.05 bits per heavy atom. The van der Waals surface area contributed by atoms with Gasteiger partial charge < -0.3 is 25.2 Å². The summed E-state index contributed by atoms with van der Waals surface area (Å²) in [4.78, 5) is 12.6. The van der Waals surface area contributed by atoms with Gasteiger partial charge in [-0.1, -0.05) is 25.8 Å². The van der Waals surface area contributed by atoms with Crippen molar-refractivity contribution in [2.75, 3.05) is 19.8 Å². The lowest BCUT2D eigenvalue weighted by molar-refractivity contribution is -0.122. The maximum Gasteiger partial charge on any atom is 0.220 e. The Morgan fingerprint density at radius 2 is 1.84 bits per heavy atom. The molecule has 0 spiro atoms. The number of ether oxygens (including phenoxy) is 2. The molecule has 4 rings (SSSR count). The van der Waals surface area contributed by atoms with Gasteiger partial charge in [-0.2, -0.15) is 0 Å². The van der Waals surface area contributed by atoms with E-state index in [1.54, 1.807) is 0 Å². The highest BCUT2D eigenvalue weighted by Crippen LogP contribution is 2.42. The van der Waals surface area contributed by atoms with Crippen molar-refractivity contribution in [1.29, 1.82) is 0 Å². The average Bonchev–Trinajstić information content (AvgIpc) is 3.20. The van der Waals surface area contributed by atoms with Crippen LogP contribution in [0.3, 0.4) is 0 Å². The van der Waals surface area contributed by atoms with Crippen LogP contribution >= 0.6 is 0 Å². The van der Waals surface area contributed by atoms with Crippen molar-refractivity contribution in [3.63, 3.8) is 0 Å². The molecule has 2 aliphatic rings. The predicted octanol–water partition coefficient (Wildman–Crippen LogP) is 4.90. The molecule has 1 aliphatic carbocycles. The van der Waals surface area contributed by atoms with Crippen LogP contribution in [0.5, 0.6) is 5.75 Å². The summed E-state index contributed by atoms with van der Waals surface area (Å²) in [5, 5.41) is 17.5. The lowest BCUT2D eigenvalue weighted by Gasteiger charge is -2.26. The molecule has 1 fully saturated rings. The maximum atomic E-state index is 13.8. The lowest BCUT2D eigenvalue weighted by atomic mass is 9.99. The van der Waals surface area contributed by atoms with Crippen LogP contribution in [0.1, 0.15) is 80.7 Å². The van der Waals surface area contributed by atoms with E-state index in [-0.39, 0.29) is 31.0 Å². The molecule has 0 radical (unpaired) electrons. The Balaban J connectivity index is 1.54. The van der Waals surface area contributed by atoms with Crippen LogP contribution in [0.4, 0.5) is 8.78 Å². The van der Waals surface area contributed by atoms with Gasteiger partial charge in [0.2, 0.25) is 5.91 Å². The Morgan fingerprint density at radius 3 is 2.62 bits per heavy atom. The molecule has 37 heavy (non-hydrogen) atoms. The molecule has 2 bridgehead atoms. The number of β-amino-alcohol motifs (C(OH)–C–C–N with tert-alkyl or cyclic N) is 1. The third kappa shape index (κ3) is 7.72. The highest BCUT2D eigenvalue weighted by atomic mass is 19.1. The Hall–Kier alpha value is -2.55. The molecule has 1 saturated heterocycles. The van der Waals surface area contributed by atoms with Gasteiger partial charge in [0, 0.05) is 31.7 Å². The van der Waals surface area contributed by atoms with Gasteiger partial charge in [0.1, 0.15) is 17.4 Å². The fourth-order valence-corrected chi connectivity index (χ4v) is 5.19. The smallest absolute Gasteiger partial charge is 0.220 e. The number of halogens is 2. The Bertz CT molecular complexity index is 1030. The summed E-state index contributed by atoms with van der Waals surface area (Å²) in [7, 11) is 0. The molecule has 2 aromatic rings. The fourth-order valence-electron chi connectivity index (χ4n) is 5.19. The third-order valence-electron chi connectivity index (χ3n) is 7.08. The van der Waals surface area contributed by atoms with E-state index in [2.05, 4.69) is 23.6 Å². The molecule has 1 amide bonds. The van der Waals surface area contributed by atoms with Gasteiger partial charge in [0.25, 0.3) is 0 Å². The number of rotatable bonds is 5. The van der Waals surface area contributed by atoms with Crippen LogP contribution < -0.4 is 15.4 Å². The predicted molar refractivity (Wildman–Crippen MR) is 137 cm³/mol. The zero-order valence-electron chi connectivity index (χ0n) is 21.5. The number of hydrogen-bond donors (Lipinski definition) is 3. The number of aliphatic hydroxyl groups excluding tert-OH is 1. The lowest BCUT2D eigenvalue weighted by Crippen LogP contribution is -2.49. The van der Waals surface area contributed by atoms with Crippen LogP contribution in [0.2, 0.25) is 0 Å². The van der Waals surface area contributed by atoms with Crippen molar-refractivity contribution < 1.29 is 28.2 Å². The van der Waals surface area contributed by atoms with Crippen molar-refractivity contribution in [3.05, 3.63) is 64.7 Å². The highest BCUT2D eigenvalue weighted by molar-refractivity contribution is 5.76. The molecule has 2 aromatic carbocycles.